The minimum Gasteiger partial charge on any atom is -0.309 e. The van der Waals surface area contributed by atoms with Crippen LogP contribution in [0.1, 0.15) is 49.9 Å². The van der Waals surface area contributed by atoms with E-state index in [0.29, 0.717) is 0 Å². The Hall–Kier alpha value is -7.74. The third-order valence-electron chi connectivity index (χ3n) is 14.2. The van der Waals surface area contributed by atoms with E-state index in [1.165, 1.54) is 77.5 Å². The van der Waals surface area contributed by atoms with Gasteiger partial charge in [0.15, 0.2) is 0 Å². The maximum Gasteiger partial charge on any atom is 0.0619 e. The van der Waals surface area contributed by atoms with Crippen LogP contribution in [0.25, 0.3) is 77.5 Å². The highest BCUT2D eigenvalue weighted by atomic mass is 15.2. The molecule has 1 unspecified atom stereocenters. The Morgan fingerprint density at radius 3 is 1.55 bits per heavy atom. The lowest BCUT2D eigenvalue weighted by Gasteiger charge is -2.34. The molecule has 0 amide bonds. The molecular formula is C64H49N. The molecule has 5 aliphatic rings. The van der Waals surface area contributed by atoms with Crippen LogP contribution in [0.15, 0.2) is 224 Å². The van der Waals surface area contributed by atoms with Crippen molar-refractivity contribution in [1.82, 2.24) is 0 Å². The minimum atomic E-state index is -0.378. The fourth-order valence-corrected chi connectivity index (χ4v) is 10.9. The quantitative estimate of drug-likeness (QED) is 0.171. The highest BCUT2D eigenvalue weighted by Gasteiger charge is 2.42. The van der Waals surface area contributed by atoms with E-state index in [4.69, 9.17) is 0 Å². The summed E-state index contributed by atoms with van der Waals surface area (Å²) in [5.74, 6) is 0. The lowest BCUT2D eigenvalue weighted by Crippen LogP contribution is -2.23. The van der Waals surface area contributed by atoms with Gasteiger partial charge in [0.2, 0.25) is 0 Å². The fourth-order valence-electron chi connectivity index (χ4n) is 10.9. The monoisotopic (exact) mass is 831 g/mol. The number of hydrogen-bond donors (Lipinski definition) is 0. The Morgan fingerprint density at radius 1 is 0.369 bits per heavy atom. The zero-order chi connectivity index (χ0) is 43.9. The van der Waals surface area contributed by atoms with Gasteiger partial charge in [0.25, 0.3) is 0 Å². The second-order valence-corrected chi connectivity index (χ2v) is 19.0. The van der Waals surface area contributed by atoms with Crippen molar-refractivity contribution in [3.05, 3.63) is 247 Å². The van der Waals surface area contributed by atoms with E-state index in [1.807, 2.05) is 0 Å². The van der Waals surface area contributed by atoms with Crippen LogP contribution in [0.2, 0.25) is 0 Å². The Labute approximate surface area is 383 Å². The highest BCUT2D eigenvalue weighted by Crippen LogP contribution is 2.58. The number of rotatable bonds is 4. The average Bonchev–Trinajstić information content (AvgIpc) is 3.61. The minimum absolute atomic E-state index is 0.0565. The SMILES string of the molecule is CC(C)(C)c1ccc(-c2cc(-c3ccccc3)c(N3c4ccc5c(c4)-c4ccccc4C5(C)c4ccccc4-c4ccc(cc4)-c4c3ccc3ccccc43)c(-c3ccccc3)c2)cc1. The van der Waals surface area contributed by atoms with Gasteiger partial charge in [-0.3, -0.25) is 0 Å². The van der Waals surface area contributed by atoms with E-state index in [0.717, 1.165) is 39.3 Å². The lowest BCUT2D eigenvalue weighted by atomic mass is 9.71. The van der Waals surface area contributed by atoms with Gasteiger partial charge in [-0.25, -0.2) is 0 Å². The third-order valence-corrected chi connectivity index (χ3v) is 14.2. The molecule has 0 fully saturated rings. The zero-order valence-corrected chi connectivity index (χ0v) is 37.3. The summed E-state index contributed by atoms with van der Waals surface area (Å²) in [7, 11) is 0. The third kappa shape index (κ3) is 6.21. The van der Waals surface area contributed by atoms with E-state index in [-0.39, 0.29) is 10.8 Å². The van der Waals surface area contributed by atoms with Crippen LogP contribution < -0.4 is 4.90 Å². The molecule has 1 atom stereocenters. The Bertz CT molecular complexity index is 3390. The molecule has 1 aliphatic carbocycles. The van der Waals surface area contributed by atoms with Crippen molar-refractivity contribution < 1.29 is 0 Å². The first-order valence-electron chi connectivity index (χ1n) is 22.9. The second-order valence-electron chi connectivity index (χ2n) is 19.0. The normalized spacial score (nSPS) is 14.8. The molecule has 0 aromatic heterocycles. The van der Waals surface area contributed by atoms with Crippen molar-refractivity contribution in [2.24, 2.45) is 0 Å². The summed E-state index contributed by atoms with van der Waals surface area (Å²) >= 11 is 0. The van der Waals surface area contributed by atoms with Crippen LogP contribution in [0.4, 0.5) is 17.1 Å². The summed E-state index contributed by atoms with van der Waals surface area (Å²) < 4.78 is 0. The largest absolute Gasteiger partial charge is 0.309 e. The van der Waals surface area contributed by atoms with Crippen LogP contribution in [0, 0.1) is 0 Å². The molecule has 10 aromatic carbocycles. The van der Waals surface area contributed by atoms with Crippen LogP contribution >= 0.6 is 0 Å². The molecule has 1 nitrogen and oxygen atoms in total. The molecule has 15 rings (SSSR count). The molecule has 0 saturated carbocycles. The van der Waals surface area contributed by atoms with Crippen molar-refractivity contribution in [3.63, 3.8) is 0 Å². The standard InChI is InChI=1S/C64H49N/c1-63(2,3)49-34-31-42(32-35-49)48-39-54(43-17-7-5-8-18-43)62(55(40-48)44-19-9-6-10-20-44)65-50-36-37-59-56(41-50)53-24-14-16-26-58(53)64(59,4)57-25-15-13-22-51(57)46-27-29-47(30-28-46)61-52-23-12-11-21-45(52)33-38-60(61)65/h5-41H,1-4H3. The van der Waals surface area contributed by atoms with Gasteiger partial charge in [-0.05, 0) is 126 Å². The van der Waals surface area contributed by atoms with Crippen LogP contribution in [-0.4, -0.2) is 0 Å². The number of hydrogen-bond acceptors (Lipinski definition) is 1. The first-order valence-corrected chi connectivity index (χ1v) is 22.9. The van der Waals surface area contributed by atoms with Crippen molar-refractivity contribution in [2.45, 2.75) is 38.5 Å². The first-order chi connectivity index (χ1) is 31.8. The van der Waals surface area contributed by atoms with Crippen molar-refractivity contribution in [1.29, 1.82) is 0 Å². The predicted molar refractivity (Wildman–Crippen MR) is 276 cm³/mol. The Morgan fingerprint density at radius 2 is 0.892 bits per heavy atom. The maximum absolute atomic E-state index is 2.59. The molecule has 0 radical (unpaired) electrons. The van der Waals surface area contributed by atoms with E-state index in [9.17, 15) is 0 Å². The van der Waals surface area contributed by atoms with Gasteiger partial charge < -0.3 is 4.90 Å². The number of fused-ring (bicyclic) bond motifs is 2. The van der Waals surface area contributed by atoms with E-state index < -0.39 is 0 Å². The maximum atomic E-state index is 2.59. The smallest absolute Gasteiger partial charge is 0.0619 e. The van der Waals surface area contributed by atoms with Gasteiger partial charge in [0.1, 0.15) is 0 Å². The molecule has 0 spiro atoms. The fraction of sp³-hybridized carbons (Fsp3) is 0.0938. The van der Waals surface area contributed by atoms with Gasteiger partial charge in [0.05, 0.1) is 11.4 Å². The first kappa shape index (κ1) is 38.9. The summed E-state index contributed by atoms with van der Waals surface area (Å²) in [6.45, 7) is 9.28. The van der Waals surface area contributed by atoms with Crippen molar-refractivity contribution >= 4 is 27.8 Å². The summed E-state index contributed by atoms with van der Waals surface area (Å²) in [6.07, 6.45) is 0. The van der Waals surface area contributed by atoms with Crippen LogP contribution in [0.3, 0.4) is 0 Å². The van der Waals surface area contributed by atoms with Crippen molar-refractivity contribution in [2.75, 3.05) is 4.90 Å². The Kier molecular flexibility index (Phi) is 8.94. The molecule has 1 heteroatoms. The molecule has 10 aromatic rings. The van der Waals surface area contributed by atoms with Gasteiger partial charge in [-0.15, -0.1) is 0 Å². The van der Waals surface area contributed by atoms with Crippen LogP contribution in [0.5, 0.6) is 0 Å². The lowest BCUT2D eigenvalue weighted by molar-refractivity contribution is 0.590. The molecular weight excluding hydrogens is 783 g/mol. The van der Waals surface area contributed by atoms with Crippen LogP contribution in [-0.2, 0) is 10.8 Å². The van der Waals surface area contributed by atoms with Gasteiger partial charge in [-0.2, -0.15) is 0 Å². The second kappa shape index (κ2) is 14.9. The molecule has 4 aliphatic heterocycles. The predicted octanol–water partition coefficient (Wildman–Crippen LogP) is 17.6. The summed E-state index contributed by atoms with van der Waals surface area (Å²) in [5.41, 5.74) is 22.8. The van der Waals surface area contributed by atoms with Gasteiger partial charge >= 0.3 is 0 Å². The number of benzene rings is 10. The van der Waals surface area contributed by atoms with Gasteiger partial charge in [0, 0.05) is 27.8 Å². The molecule has 6 bridgehead atoms. The topological polar surface area (TPSA) is 3.24 Å². The van der Waals surface area contributed by atoms with E-state index >= 15 is 0 Å². The number of anilines is 3. The van der Waals surface area contributed by atoms with Gasteiger partial charge in [-0.1, -0.05) is 215 Å². The molecule has 0 saturated heterocycles. The summed E-state index contributed by atoms with van der Waals surface area (Å²) in [6, 6.07) is 84.4. The summed E-state index contributed by atoms with van der Waals surface area (Å²) in [4.78, 5) is 2.59. The van der Waals surface area contributed by atoms with E-state index in [1.54, 1.807) is 0 Å². The number of nitrogens with zero attached hydrogens (tertiary/aromatic N) is 1. The Balaban J connectivity index is 1.24. The molecule has 65 heavy (non-hydrogen) atoms. The summed E-state index contributed by atoms with van der Waals surface area (Å²) in [5, 5.41) is 2.42. The molecule has 310 valence electrons. The van der Waals surface area contributed by atoms with E-state index in [2.05, 4.69) is 257 Å². The molecule has 4 heterocycles. The molecule has 0 N–H and O–H groups in total. The van der Waals surface area contributed by atoms with Crippen molar-refractivity contribution in [3.8, 4) is 66.8 Å². The zero-order valence-electron chi connectivity index (χ0n) is 37.3. The average molecular weight is 832 g/mol. The highest BCUT2D eigenvalue weighted by molar-refractivity contribution is 6.09.